The van der Waals surface area contributed by atoms with Crippen molar-refractivity contribution >= 4 is 0 Å². The van der Waals surface area contributed by atoms with Crippen LogP contribution in [0.25, 0.3) is 0 Å². The summed E-state index contributed by atoms with van der Waals surface area (Å²) >= 11 is 0. The summed E-state index contributed by atoms with van der Waals surface area (Å²) in [6, 6.07) is 7.69. The number of aliphatic hydroxyl groups excluding tert-OH is 1. The molecule has 2 N–H and O–H groups in total. The van der Waals surface area contributed by atoms with Crippen molar-refractivity contribution in [1.82, 2.24) is 0 Å². The van der Waals surface area contributed by atoms with Crippen LogP contribution in [-0.4, -0.2) is 29.2 Å². The van der Waals surface area contributed by atoms with Crippen LogP contribution in [0.5, 0.6) is 0 Å². The standard InChI is InChI=1S/C17H22O4/c18-11-12-3-1-2-4-15(12)16(19)9-14-6-5-13(16)10-17(14)20-7-8-21-17/h1-4,13-14,18-19H,5-11H2. The summed E-state index contributed by atoms with van der Waals surface area (Å²) in [6.45, 7) is 1.29. The van der Waals surface area contributed by atoms with Crippen LogP contribution in [0.15, 0.2) is 24.3 Å². The van der Waals surface area contributed by atoms with Crippen LogP contribution in [0.3, 0.4) is 0 Å². The van der Waals surface area contributed by atoms with Gasteiger partial charge >= 0.3 is 0 Å². The summed E-state index contributed by atoms with van der Waals surface area (Å²) in [7, 11) is 0. The molecule has 3 unspecified atom stereocenters. The van der Waals surface area contributed by atoms with E-state index in [-0.39, 0.29) is 18.4 Å². The number of rotatable bonds is 2. The fraction of sp³-hybridized carbons (Fsp3) is 0.647. The van der Waals surface area contributed by atoms with Crippen molar-refractivity contribution in [2.75, 3.05) is 13.2 Å². The molecule has 1 aliphatic heterocycles. The SMILES string of the molecule is OCc1ccccc1C1(O)CC2CCC1CC21OCCO1. The fourth-order valence-electron chi connectivity index (χ4n) is 4.68. The lowest BCUT2D eigenvalue weighted by Crippen LogP contribution is -2.58. The van der Waals surface area contributed by atoms with E-state index in [0.717, 1.165) is 30.4 Å². The van der Waals surface area contributed by atoms with Gasteiger partial charge in [-0.05, 0) is 36.3 Å². The summed E-state index contributed by atoms with van der Waals surface area (Å²) in [6.07, 6.45) is 3.46. The molecule has 0 radical (unpaired) electrons. The largest absolute Gasteiger partial charge is 0.392 e. The molecular formula is C17H22O4. The molecule has 4 fully saturated rings. The van der Waals surface area contributed by atoms with Crippen LogP contribution in [-0.2, 0) is 21.7 Å². The zero-order valence-corrected chi connectivity index (χ0v) is 12.1. The minimum atomic E-state index is -0.858. The number of ether oxygens (including phenoxy) is 2. The van der Waals surface area contributed by atoms with Crippen molar-refractivity contribution in [3.8, 4) is 0 Å². The van der Waals surface area contributed by atoms with E-state index < -0.39 is 11.4 Å². The quantitative estimate of drug-likeness (QED) is 0.874. The molecule has 3 saturated carbocycles. The molecule has 1 spiro atoms. The van der Waals surface area contributed by atoms with Crippen molar-refractivity contribution in [3.05, 3.63) is 35.4 Å². The Morgan fingerprint density at radius 2 is 1.76 bits per heavy atom. The van der Waals surface area contributed by atoms with Gasteiger partial charge in [0, 0.05) is 12.3 Å². The summed E-state index contributed by atoms with van der Waals surface area (Å²) in [4.78, 5) is 0. The smallest absolute Gasteiger partial charge is 0.171 e. The molecule has 4 nitrogen and oxygen atoms in total. The van der Waals surface area contributed by atoms with Crippen molar-refractivity contribution in [2.45, 2.75) is 43.7 Å². The highest BCUT2D eigenvalue weighted by molar-refractivity contribution is 5.34. The average molecular weight is 290 g/mol. The van der Waals surface area contributed by atoms with E-state index in [1.807, 2.05) is 24.3 Å². The van der Waals surface area contributed by atoms with Gasteiger partial charge in [-0.3, -0.25) is 0 Å². The van der Waals surface area contributed by atoms with E-state index in [2.05, 4.69) is 0 Å². The lowest BCUT2D eigenvalue weighted by atomic mass is 9.57. The lowest BCUT2D eigenvalue weighted by molar-refractivity contribution is -0.280. The van der Waals surface area contributed by atoms with Gasteiger partial charge in [0.2, 0.25) is 0 Å². The van der Waals surface area contributed by atoms with Gasteiger partial charge in [0.05, 0.1) is 25.4 Å². The molecule has 0 aromatic heterocycles. The highest BCUT2D eigenvalue weighted by Gasteiger charge is 2.60. The normalized spacial score (nSPS) is 37.2. The predicted molar refractivity (Wildman–Crippen MR) is 76.3 cm³/mol. The number of fused-ring (bicyclic) bond motifs is 2. The first-order valence-corrected chi connectivity index (χ1v) is 7.87. The van der Waals surface area contributed by atoms with Gasteiger partial charge in [-0.1, -0.05) is 24.3 Å². The summed E-state index contributed by atoms with van der Waals surface area (Å²) in [5, 5.41) is 20.9. The number of hydrogen-bond donors (Lipinski definition) is 2. The van der Waals surface area contributed by atoms with E-state index in [0.29, 0.717) is 19.6 Å². The van der Waals surface area contributed by atoms with E-state index >= 15 is 0 Å². The van der Waals surface area contributed by atoms with E-state index in [1.54, 1.807) is 0 Å². The first kappa shape index (κ1) is 13.7. The minimum Gasteiger partial charge on any atom is -0.392 e. The van der Waals surface area contributed by atoms with Gasteiger partial charge in [-0.15, -0.1) is 0 Å². The molecule has 21 heavy (non-hydrogen) atoms. The fourth-order valence-corrected chi connectivity index (χ4v) is 4.68. The molecule has 3 aliphatic carbocycles. The van der Waals surface area contributed by atoms with Crippen LogP contribution >= 0.6 is 0 Å². The van der Waals surface area contributed by atoms with Gasteiger partial charge in [0.25, 0.3) is 0 Å². The highest BCUT2D eigenvalue weighted by atomic mass is 16.7. The monoisotopic (exact) mass is 290 g/mol. The molecular weight excluding hydrogens is 268 g/mol. The van der Waals surface area contributed by atoms with Gasteiger partial charge in [-0.2, -0.15) is 0 Å². The second kappa shape index (κ2) is 4.78. The van der Waals surface area contributed by atoms with Crippen LogP contribution in [0.1, 0.15) is 36.8 Å². The van der Waals surface area contributed by atoms with Crippen LogP contribution in [0, 0.1) is 11.8 Å². The second-order valence-electron chi connectivity index (χ2n) is 6.63. The number of hydrogen-bond acceptors (Lipinski definition) is 4. The molecule has 0 amide bonds. The predicted octanol–water partition coefficient (Wildman–Crippen LogP) is 1.93. The Labute approximate surface area is 124 Å². The van der Waals surface area contributed by atoms with Gasteiger partial charge in [-0.25, -0.2) is 0 Å². The lowest BCUT2D eigenvalue weighted by Gasteiger charge is -2.56. The van der Waals surface area contributed by atoms with Gasteiger partial charge in [0.15, 0.2) is 5.79 Å². The molecule has 1 aromatic carbocycles. The molecule has 5 rings (SSSR count). The Hall–Kier alpha value is -0.940. The zero-order valence-electron chi connectivity index (χ0n) is 12.1. The molecule has 114 valence electrons. The molecule has 1 aromatic rings. The van der Waals surface area contributed by atoms with Crippen molar-refractivity contribution in [2.24, 2.45) is 11.8 Å². The molecule has 4 heteroatoms. The van der Waals surface area contributed by atoms with Crippen molar-refractivity contribution in [3.63, 3.8) is 0 Å². The Kier molecular flexibility index (Phi) is 3.12. The average Bonchev–Trinajstić information content (AvgIpc) is 2.97. The maximum atomic E-state index is 11.4. The maximum absolute atomic E-state index is 11.4. The highest BCUT2D eigenvalue weighted by Crippen LogP contribution is 2.58. The first-order valence-electron chi connectivity index (χ1n) is 7.87. The number of aliphatic hydroxyl groups is 2. The van der Waals surface area contributed by atoms with E-state index in [9.17, 15) is 10.2 Å². The number of benzene rings is 1. The third-order valence-electron chi connectivity index (χ3n) is 5.68. The van der Waals surface area contributed by atoms with E-state index in [4.69, 9.17) is 9.47 Å². The van der Waals surface area contributed by atoms with Crippen LogP contribution in [0.4, 0.5) is 0 Å². The Bertz CT molecular complexity index is 537. The topological polar surface area (TPSA) is 58.9 Å². The van der Waals surface area contributed by atoms with Crippen molar-refractivity contribution in [1.29, 1.82) is 0 Å². The third kappa shape index (κ3) is 1.90. The Morgan fingerprint density at radius 3 is 2.43 bits per heavy atom. The molecule has 2 bridgehead atoms. The maximum Gasteiger partial charge on any atom is 0.171 e. The zero-order chi connectivity index (χ0) is 14.5. The van der Waals surface area contributed by atoms with Crippen LogP contribution in [0.2, 0.25) is 0 Å². The summed E-state index contributed by atoms with van der Waals surface area (Å²) in [5.74, 6) is -0.0846. The van der Waals surface area contributed by atoms with Crippen LogP contribution < -0.4 is 0 Å². The van der Waals surface area contributed by atoms with Gasteiger partial charge < -0.3 is 19.7 Å². The second-order valence-corrected chi connectivity index (χ2v) is 6.63. The molecule has 3 atom stereocenters. The molecule has 1 heterocycles. The minimum absolute atomic E-state index is 0.0337. The molecule has 4 aliphatic rings. The van der Waals surface area contributed by atoms with Crippen molar-refractivity contribution < 1.29 is 19.7 Å². The third-order valence-corrected chi connectivity index (χ3v) is 5.68. The Morgan fingerprint density at radius 1 is 1.05 bits per heavy atom. The van der Waals surface area contributed by atoms with E-state index in [1.165, 1.54) is 0 Å². The van der Waals surface area contributed by atoms with Gasteiger partial charge in [0.1, 0.15) is 0 Å². The Balaban J connectivity index is 1.71. The summed E-state index contributed by atoms with van der Waals surface area (Å²) in [5.41, 5.74) is 0.855. The first-order chi connectivity index (χ1) is 10.2. The molecule has 1 saturated heterocycles. The summed E-state index contributed by atoms with van der Waals surface area (Å²) < 4.78 is 11.8.